The Balaban J connectivity index is 1.42. The van der Waals surface area contributed by atoms with Gasteiger partial charge in [0.05, 0.1) is 5.75 Å². The van der Waals surface area contributed by atoms with Crippen molar-refractivity contribution in [3.8, 4) is 0 Å². The SMILES string of the molecule is CN(C(=O)OCc1ccccc1)C1CCC2(CC1)CC(CS(=O)(=O)O)C2. The quantitative estimate of drug-likeness (QED) is 0.790. The van der Waals surface area contributed by atoms with E-state index in [9.17, 15) is 13.2 Å². The van der Waals surface area contributed by atoms with Gasteiger partial charge in [0.25, 0.3) is 10.1 Å². The van der Waals surface area contributed by atoms with Gasteiger partial charge in [-0.15, -0.1) is 0 Å². The fraction of sp³-hybridized carbons (Fsp3) is 0.632. The largest absolute Gasteiger partial charge is 0.445 e. The third-order valence-corrected chi connectivity index (χ3v) is 6.84. The van der Waals surface area contributed by atoms with Crippen molar-refractivity contribution in [2.75, 3.05) is 12.8 Å². The number of nitrogens with zero attached hydrogens (tertiary/aromatic N) is 1. The first kappa shape index (κ1) is 19.2. The number of rotatable bonds is 5. The molecule has 1 N–H and O–H groups in total. The molecule has 2 saturated carbocycles. The summed E-state index contributed by atoms with van der Waals surface area (Å²) in [5.74, 6) is -0.0423. The van der Waals surface area contributed by atoms with E-state index in [1.165, 1.54) is 0 Å². The minimum Gasteiger partial charge on any atom is -0.445 e. The van der Waals surface area contributed by atoms with Crippen LogP contribution in [0.15, 0.2) is 30.3 Å². The van der Waals surface area contributed by atoms with Gasteiger partial charge in [0.2, 0.25) is 0 Å². The van der Waals surface area contributed by atoms with E-state index in [2.05, 4.69) is 0 Å². The molecule has 0 heterocycles. The smallest absolute Gasteiger partial charge is 0.410 e. The van der Waals surface area contributed by atoms with Gasteiger partial charge in [-0.2, -0.15) is 8.42 Å². The summed E-state index contributed by atoms with van der Waals surface area (Å²) in [4.78, 5) is 14.0. The van der Waals surface area contributed by atoms with Crippen molar-refractivity contribution in [1.82, 2.24) is 4.90 Å². The summed E-state index contributed by atoms with van der Waals surface area (Å²) in [6.07, 6.45) is 5.24. The van der Waals surface area contributed by atoms with Gasteiger partial charge in [-0.3, -0.25) is 4.55 Å². The number of benzene rings is 1. The molecule has 2 aliphatic rings. The fourth-order valence-electron chi connectivity index (χ4n) is 4.56. The third kappa shape index (κ3) is 4.76. The standard InChI is InChI=1S/C19H27NO5S/c1-20(18(21)25-13-15-5-3-2-4-6-15)17-7-9-19(10-8-17)11-16(12-19)14-26(22,23)24/h2-6,16-17H,7-14H2,1H3,(H,22,23,24). The van der Waals surface area contributed by atoms with Crippen LogP contribution in [0.3, 0.4) is 0 Å². The van der Waals surface area contributed by atoms with Gasteiger partial charge in [0, 0.05) is 13.1 Å². The lowest BCUT2D eigenvalue weighted by molar-refractivity contribution is -0.00228. The Morgan fingerprint density at radius 1 is 1.23 bits per heavy atom. The van der Waals surface area contributed by atoms with E-state index < -0.39 is 10.1 Å². The molecular formula is C19H27NO5S. The van der Waals surface area contributed by atoms with Crippen LogP contribution in [0, 0.1) is 11.3 Å². The van der Waals surface area contributed by atoms with Crippen molar-refractivity contribution >= 4 is 16.2 Å². The fourth-order valence-corrected chi connectivity index (χ4v) is 5.39. The highest BCUT2D eigenvalue weighted by molar-refractivity contribution is 7.85. The zero-order valence-corrected chi connectivity index (χ0v) is 16.0. The highest BCUT2D eigenvalue weighted by Gasteiger charge is 2.47. The summed E-state index contributed by atoms with van der Waals surface area (Å²) in [6, 6.07) is 9.79. The monoisotopic (exact) mass is 381 g/mol. The Morgan fingerprint density at radius 3 is 2.42 bits per heavy atom. The van der Waals surface area contributed by atoms with E-state index in [1.807, 2.05) is 30.3 Å². The topological polar surface area (TPSA) is 83.9 Å². The Hall–Kier alpha value is -1.60. The normalized spacial score (nSPS) is 28.4. The number of hydrogen-bond acceptors (Lipinski definition) is 4. The third-order valence-electron chi connectivity index (χ3n) is 5.95. The predicted molar refractivity (Wildman–Crippen MR) is 98.2 cm³/mol. The van der Waals surface area contributed by atoms with Crippen molar-refractivity contribution < 1.29 is 22.5 Å². The van der Waals surface area contributed by atoms with Crippen molar-refractivity contribution in [3.05, 3.63) is 35.9 Å². The van der Waals surface area contributed by atoms with Crippen molar-refractivity contribution in [3.63, 3.8) is 0 Å². The molecule has 144 valence electrons. The van der Waals surface area contributed by atoms with Crippen LogP contribution < -0.4 is 0 Å². The molecule has 0 aliphatic heterocycles. The molecule has 6 nitrogen and oxygen atoms in total. The predicted octanol–water partition coefficient (Wildman–Crippen LogP) is 3.48. The van der Waals surface area contributed by atoms with Crippen molar-refractivity contribution in [2.45, 2.75) is 51.2 Å². The first-order valence-corrected chi connectivity index (χ1v) is 10.8. The zero-order valence-electron chi connectivity index (χ0n) is 15.1. The van der Waals surface area contributed by atoms with Crippen molar-refractivity contribution in [2.24, 2.45) is 11.3 Å². The molecule has 3 rings (SSSR count). The highest BCUT2D eigenvalue weighted by Crippen LogP contribution is 2.55. The minimum atomic E-state index is -3.87. The number of ether oxygens (including phenoxy) is 1. The number of carbonyl (C=O) groups excluding carboxylic acids is 1. The molecule has 2 aliphatic carbocycles. The molecular weight excluding hydrogens is 354 g/mol. The van der Waals surface area contributed by atoms with Gasteiger partial charge < -0.3 is 9.64 Å². The van der Waals surface area contributed by atoms with Crippen molar-refractivity contribution in [1.29, 1.82) is 0 Å². The lowest BCUT2D eigenvalue weighted by Crippen LogP contribution is -2.47. The number of amides is 1. The van der Waals surface area contributed by atoms with Gasteiger partial charge in [-0.25, -0.2) is 4.79 Å². The first-order chi connectivity index (χ1) is 12.3. The zero-order chi connectivity index (χ0) is 18.8. The van der Waals surface area contributed by atoms with Gasteiger partial charge >= 0.3 is 6.09 Å². The Labute approximate surface area is 155 Å². The summed E-state index contributed by atoms with van der Waals surface area (Å²) >= 11 is 0. The molecule has 0 unspecified atom stereocenters. The summed E-state index contributed by atoms with van der Waals surface area (Å²) in [6.45, 7) is 0.276. The molecule has 2 fully saturated rings. The molecule has 0 aromatic heterocycles. The van der Waals surface area contributed by atoms with Crippen LogP contribution in [-0.2, 0) is 21.5 Å². The molecule has 1 amide bonds. The second-order valence-electron chi connectivity index (χ2n) is 7.91. The maximum atomic E-state index is 12.3. The summed E-state index contributed by atoms with van der Waals surface area (Å²) < 4.78 is 36.3. The van der Waals surface area contributed by atoms with E-state index in [1.54, 1.807) is 11.9 Å². The average Bonchev–Trinajstić information content (AvgIpc) is 2.58. The number of carbonyl (C=O) groups is 1. The van der Waals surface area contributed by atoms with E-state index in [0.29, 0.717) is 0 Å². The summed E-state index contributed by atoms with van der Waals surface area (Å²) in [5, 5.41) is 0. The van der Waals surface area contributed by atoms with Crippen LogP contribution in [0.5, 0.6) is 0 Å². The summed E-state index contributed by atoms with van der Waals surface area (Å²) in [7, 11) is -2.08. The molecule has 0 atom stereocenters. The van der Waals surface area contributed by atoms with Gasteiger partial charge in [-0.1, -0.05) is 30.3 Å². The molecule has 26 heavy (non-hydrogen) atoms. The number of hydrogen-bond donors (Lipinski definition) is 1. The van der Waals surface area contributed by atoms with Gasteiger partial charge in [0.15, 0.2) is 0 Å². The second-order valence-corrected chi connectivity index (χ2v) is 9.40. The molecule has 1 spiro atoms. The highest BCUT2D eigenvalue weighted by atomic mass is 32.2. The van der Waals surface area contributed by atoms with E-state index in [0.717, 1.165) is 44.1 Å². The van der Waals surface area contributed by atoms with Crippen LogP contribution in [0.2, 0.25) is 0 Å². The maximum Gasteiger partial charge on any atom is 0.410 e. The van der Waals surface area contributed by atoms with Crippen LogP contribution >= 0.6 is 0 Å². The lowest BCUT2D eigenvalue weighted by atomic mass is 9.55. The Bertz CT molecular complexity index is 718. The van der Waals surface area contributed by atoms with Crippen LogP contribution in [0.4, 0.5) is 4.79 Å². The second kappa shape index (κ2) is 7.56. The molecule has 0 saturated heterocycles. The lowest BCUT2D eigenvalue weighted by Gasteiger charge is -2.52. The van der Waals surface area contributed by atoms with Crippen LogP contribution in [0.25, 0.3) is 0 Å². The van der Waals surface area contributed by atoms with E-state index >= 15 is 0 Å². The average molecular weight is 381 g/mol. The molecule has 0 radical (unpaired) electrons. The molecule has 0 bridgehead atoms. The maximum absolute atomic E-state index is 12.3. The van der Waals surface area contributed by atoms with Gasteiger partial charge in [-0.05, 0) is 55.4 Å². The molecule has 7 heteroatoms. The van der Waals surface area contributed by atoms with Gasteiger partial charge in [0.1, 0.15) is 6.61 Å². The Morgan fingerprint density at radius 2 is 1.85 bits per heavy atom. The van der Waals surface area contributed by atoms with E-state index in [4.69, 9.17) is 9.29 Å². The summed E-state index contributed by atoms with van der Waals surface area (Å²) in [5.41, 5.74) is 1.18. The van der Waals surface area contributed by atoms with Crippen LogP contribution in [-0.4, -0.2) is 42.8 Å². The van der Waals surface area contributed by atoms with E-state index in [-0.39, 0.29) is 35.8 Å². The first-order valence-electron chi connectivity index (χ1n) is 9.15. The Kier molecular flexibility index (Phi) is 5.58. The van der Waals surface area contributed by atoms with Crippen LogP contribution in [0.1, 0.15) is 44.1 Å². The molecule has 1 aromatic rings. The minimum absolute atomic E-state index is 0.0788. The molecule has 1 aromatic carbocycles.